The van der Waals surface area contributed by atoms with E-state index in [2.05, 4.69) is 33.4 Å². The van der Waals surface area contributed by atoms with Crippen molar-refractivity contribution in [3.05, 3.63) is 23.8 Å². The zero-order chi connectivity index (χ0) is 26.6. The molecule has 36 heavy (non-hydrogen) atoms. The Bertz CT molecular complexity index is 922. The molecule has 3 N–H and O–H groups in total. The molecule has 0 aromatic heterocycles. The molecule has 4 rings (SSSR count). The Labute approximate surface area is 216 Å². The fraction of sp³-hybridized carbons (Fsp3) is 0.800. The lowest BCUT2D eigenvalue weighted by Crippen LogP contribution is -2.62. The molecule has 10 atom stereocenters. The molecule has 3 fully saturated rings. The summed E-state index contributed by atoms with van der Waals surface area (Å²) in [5, 5.41) is 33.8. The van der Waals surface area contributed by atoms with Crippen molar-refractivity contribution in [1.82, 2.24) is 0 Å². The number of allylic oxidation sites excluding steroid dienone is 2. The second kappa shape index (κ2) is 9.90. The van der Waals surface area contributed by atoms with Crippen LogP contribution < -0.4 is 0 Å². The minimum atomic E-state index is -0.930. The van der Waals surface area contributed by atoms with E-state index in [-0.39, 0.29) is 48.1 Å². The second-order valence-corrected chi connectivity index (χ2v) is 12.9. The topological polar surface area (TPSA) is 104 Å². The number of fused-ring (bicyclic) bond motifs is 5. The number of aliphatic carboxylic acids is 1. The van der Waals surface area contributed by atoms with Gasteiger partial charge in [0.25, 0.3) is 0 Å². The molecule has 2 unspecified atom stereocenters. The van der Waals surface area contributed by atoms with E-state index >= 15 is 0 Å². The van der Waals surface area contributed by atoms with Crippen LogP contribution in [0.2, 0.25) is 0 Å². The Morgan fingerprint density at radius 2 is 1.92 bits per heavy atom. The highest BCUT2D eigenvalue weighted by Crippen LogP contribution is 2.67. The smallest absolute Gasteiger partial charge is 0.310 e. The number of carbonyl (C=O) groups excluding carboxylic acids is 1. The van der Waals surface area contributed by atoms with Crippen LogP contribution in [0, 0.1) is 46.3 Å². The van der Waals surface area contributed by atoms with E-state index in [1.54, 1.807) is 0 Å². The zero-order valence-corrected chi connectivity index (χ0v) is 22.7. The maximum atomic E-state index is 13.1. The molecule has 6 heteroatoms. The highest BCUT2D eigenvalue weighted by atomic mass is 16.5. The number of carbonyl (C=O) groups is 2. The van der Waals surface area contributed by atoms with E-state index in [0.29, 0.717) is 25.2 Å². The van der Waals surface area contributed by atoms with Gasteiger partial charge in [-0.15, -0.1) is 0 Å². The first kappa shape index (κ1) is 27.4. The van der Waals surface area contributed by atoms with Crippen molar-refractivity contribution in [2.45, 2.75) is 104 Å². The summed E-state index contributed by atoms with van der Waals surface area (Å²) in [5.41, 5.74) is 0.690. The van der Waals surface area contributed by atoms with Gasteiger partial charge in [0, 0.05) is 25.2 Å². The summed E-state index contributed by atoms with van der Waals surface area (Å²) in [5.74, 6) is -0.626. The number of hydrogen-bond donors (Lipinski definition) is 3. The highest BCUT2D eigenvalue weighted by Gasteiger charge is 2.68. The fourth-order valence-electron chi connectivity index (χ4n) is 8.91. The predicted molar refractivity (Wildman–Crippen MR) is 138 cm³/mol. The van der Waals surface area contributed by atoms with Crippen LogP contribution in [0.25, 0.3) is 0 Å². The molecule has 3 saturated carbocycles. The van der Waals surface area contributed by atoms with Crippen LogP contribution in [0.1, 0.15) is 86.0 Å². The van der Waals surface area contributed by atoms with Gasteiger partial charge >= 0.3 is 11.9 Å². The molecule has 4 aliphatic rings. The SMILES string of the molecule is C=C(CC[C@@H](C)C1CC[C@H]2[C@@H]3CC=C4C[C@@H](OC(C)=O)C[C@H](O)[C@]4(C)C3[C@H](O)C[C@]12C(=O)O)C(C)C. The van der Waals surface area contributed by atoms with Gasteiger partial charge in [-0.05, 0) is 74.0 Å². The molecule has 0 radical (unpaired) electrons. The van der Waals surface area contributed by atoms with Crippen LogP contribution >= 0.6 is 0 Å². The van der Waals surface area contributed by atoms with Gasteiger partial charge in [0.05, 0.1) is 17.6 Å². The number of ether oxygens (including phenoxy) is 1. The predicted octanol–water partition coefficient (Wildman–Crippen LogP) is 5.13. The highest BCUT2D eigenvalue weighted by molar-refractivity contribution is 5.76. The summed E-state index contributed by atoms with van der Waals surface area (Å²) in [6.07, 6.45) is 5.67. The quantitative estimate of drug-likeness (QED) is 0.329. The van der Waals surface area contributed by atoms with Crippen molar-refractivity contribution < 1.29 is 29.6 Å². The molecule has 0 aromatic carbocycles. The molecule has 202 valence electrons. The number of hydrogen-bond acceptors (Lipinski definition) is 5. The molecule has 0 aliphatic heterocycles. The maximum absolute atomic E-state index is 13.1. The summed E-state index contributed by atoms with van der Waals surface area (Å²) in [6.45, 7) is 14.1. The molecular formula is C30H46O6. The van der Waals surface area contributed by atoms with Gasteiger partial charge in [-0.1, -0.05) is 51.5 Å². The number of aliphatic hydroxyl groups is 2. The van der Waals surface area contributed by atoms with Crippen molar-refractivity contribution in [3.8, 4) is 0 Å². The Hall–Kier alpha value is -1.66. The van der Waals surface area contributed by atoms with E-state index in [1.165, 1.54) is 12.5 Å². The van der Waals surface area contributed by atoms with Crippen molar-refractivity contribution in [1.29, 1.82) is 0 Å². The van der Waals surface area contributed by atoms with Crippen molar-refractivity contribution in [2.24, 2.45) is 46.3 Å². The maximum Gasteiger partial charge on any atom is 0.310 e. The number of rotatable bonds is 7. The van der Waals surface area contributed by atoms with E-state index in [0.717, 1.165) is 31.3 Å². The van der Waals surface area contributed by atoms with Gasteiger partial charge in [-0.3, -0.25) is 9.59 Å². The Morgan fingerprint density at radius 1 is 1.22 bits per heavy atom. The van der Waals surface area contributed by atoms with Crippen LogP contribution in [0.15, 0.2) is 23.8 Å². The molecule has 6 nitrogen and oxygen atoms in total. The van der Waals surface area contributed by atoms with Crippen molar-refractivity contribution in [3.63, 3.8) is 0 Å². The molecule has 0 spiro atoms. The molecule has 0 bridgehead atoms. The van der Waals surface area contributed by atoms with Crippen LogP contribution in [-0.4, -0.2) is 45.6 Å². The Balaban J connectivity index is 1.63. The lowest BCUT2D eigenvalue weighted by atomic mass is 9.45. The van der Waals surface area contributed by atoms with Crippen molar-refractivity contribution >= 4 is 11.9 Å². The number of carboxylic acid groups (broad SMARTS) is 1. The standard InChI is InChI=1S/C30H46O6/c1-16(2)17(3)7-8-18(4)23-11-12-24-22-10-9-20-13-21(36-19(5)31)14-26(33)29(20,6)27(22)25(32)15-30(23,24)28(34)35/h9,16,18,21-27,32-33H,3,7-8,10-15H2,1-2,4-6H3,(H,34,35)/t18-,21-,22+,23?,24+,25-,26+,27?,29-,30+/m1/s1. The molecule has 0 aromatic rings. The van der Waals surface area contributed by atoms with Gasteiger partial charge in [0.15, 0.2) is 0 Å². The van der Waals surface area contributed by atoms with Gasteiger partial charge in [-0.25, -0.2) is 0 Å². The van der Waals surface area contributed by atoms with E-state index in [1.807, 2.05) is 6.92 Å². The first-order valence-corrected chi connectivity index (χ1v) is 14.0. The van der Waals surface area contributed by atoms with E-state index in [9.17, 15) is 24.9 Å². The third-order valence-electron chi connectivity index (χ3n) is 10.9. The second-order valence-electron chi connectivity index (χ2n) is 12.9. The van der Waals surface area contributed by atoms with Crippen molar-refractivity contribution in [2.75, 3.05) is 0 Å². The summed E-state index contributed by atoms with van der Waals surface area (Å²) in [4.78, 5) is 24.6. The molecular weight excluding hydrogens is 456 g/mol. The van der Waals surface area contributed by atoms with Gasteiger partial charge < -0.3 is 20.1 Å². The third kappa shape index (κ3) is 4.26. The Kier molecular flexibility index (Phi) is 7.53. The Morgan fingerprint density at radius 3 is 2.53 bits per heavy atom. The average molecular weight is 503 g/mol. The average Bonchev–Trinajstić information content (AvgIpc) is 3.18. The zero-order valence-electron chi connectivity index (χ0n) is 22.7. The largest absolute Gasteiger partial charge is 0.481 e. The minimum Gasteiger partial charge on any atom is -0.481 e. The first-order valence-electron chi connectivity index (χ1n) is 14.0. The number of aliphatic hydroxyl groups excluding tert-OH is 2. The lowest BCUT2D eigenvalue weighted by Gasteiger charge is -2.60. The van der Waals surface area contributed by atoms with Crippen LogP contribution in [0.5, 0.6) is 0 Å². The summed E-state index contributed by atoms with van der Waals surface area (Å²) >= 11 is 0. The van der Waals surface area contributed by atoms with Crippen LogP contribution in [0.3, 0.4) is 0 Å². The number of esters is 1. The normalized spacial score (nSPS) is 42.6. The van der Waals surface area contributed by atoms with Gasteiger partial charge in [0.2, 0.25) is 0 Å². The van der Waals surface area contributed by atoms with Crippen LogP contribution in [-0.2, 0) is 14.3 Å². The monoisotopic (exact) mass is 502 g/mol. The summed E-state index contributed by atoms with van der Waals surface area (Å²) < 4.78 is 5.44. The minimum absolute atomic E-state index is 0.0151. The number of carboxylic acids is 1. The third-order valence-corrected chi connectivity index (χ3v) is 10.9. The lowest BCUT2D eigenvalue weighted by molar-refractivity contribution is -0.189. The molecule has 0 saturated heterocycles. The van der Waals surface area contributed by atoms with Crippen LogP contribution in [0.4, 0.5) is 0 Å². The molecule has 4 aliphatic carbocycles. The van der Waals surface area contributed by atoms with E-state index in [4.69, 9.17) is 4.74 Å². The van der Waals surface area contributed by atoms with Gasteiger partial charge in [-0.2, -0.15) is 0 Å². The first-order chi connectivity index (χ1) is 16.8. The summed E-state index contributed by atoms with van der Waals surface area (Å²) in [6, 6.07) is 0. The fourth-order valence-corrected chi connectivity index (χ4v) is 8.91. The molecule has 0 amide bonds. The van der Waals surface area contributed by atoms with E-state index < -0.39 is 29.0 Å². The van der Waals surface area contributed by atoms with Gasteiger partial charge in [0.1, 0.15) is 6.10 Å². The summed E-state index contributed by atoms with van der Waals surface area (Å²) in [7, 11) is 0. The molecule has 0 heterocycles.